The molecule has 4 rings (SSSR count). The monoisotopic (exact) mass is 401 g/mol. The first-order chi connectivity index (χ1) is 14.6. The van der Waals surface area contributed by atoms with Crippen LogP contribution in [-0.4, -0.2) is 57.3 Å². The lowest BCUT2D eigenvalue weighted by Gasteiger charge is -2.22. The van der Waals surface area contributed by atoms with Crippen LogP contribution in [0.1, 0.15) is 16.8 Å². The minimum atomic E-state index is -0.0971. The molecule has 6 heteroatoms. The van der Waals surface area contributed by atoms with E-state index in [9.17, 15) is 4.79 Å². The fourth-order valence-corrected chi connectivity index (χ4v) is 3.81. The maximum Gasteiger partial charge on any atom is 0.227 e. The number of rotatable bonds is 5. The summed E-state index contributed by atoms with van der Waals surface area (Å²) in [4.78, 5) is 30.5. The van der Waals surface area contributed by atoms with Crippen LogP contribution in [0.4, 0.5) is 0 Å². The number of hydrogen-bond donors (Lipinski definition) is 0. The minimum absolute atomic E-state index is 0.0971. The van der Waals surface area contributed by atoms with E-state index in [-0.39, 0.29) is 11.8 Å². The lowest BCUT2D eigenvalue weighted by Crippen LogP contribution is -2.34. The van der Waals surface area contributed by atoms with Crippen LogP contribution in [0.5, 0.6) is 0 Å². The van der Waals surface area contributed by atoms with Gasteiger partial charge in [0.25, 0.3) is 0 Å². The molecule has 0 bridgehead atoms. The Hall–Kier alpha value is -3.12. The van der Waals surface area contributed by atoms with Crippen LogP contribution >= 0.6 is 0 Å². The van der Waals surface area contributed by atoms with E-state index in [0.29, 0.717) is 13.0 Å². The first kappa shape index (κ1) is 20.2. The summed E-state index contributed by atoms with van der Waals surface area (Å²) in [5.41, 5.74) is 4.25. The number of carbonyl (C=O) groups excluding carboxylic acids is 1. The molecule has 3 aromatic rings. The molecule has 0 saturated carbocycles. The number of amides is 1. The summed E-state index contributed by atoms with van der Waals surface area (Å²) >= 11 is 0. The van der Waals surface area contributed by atoms with E-state index in [1.165, 1.54) is 5.56 Å². The van der Waals surface area contributed by atoms with Gasteiger partial charge in [0.05, 0.1) is 5.92 Å². The number of hydrogen-bond acceptors (Lipinski definition) is 5. The smallest absolute Gasteiger partial charge is 0.227 e. The summed E-state index contributed by atoms with van der Waals surface area (Å²) < 4.78 is 0. The fourth-order valence-electron chi connectivity index (χ4n) is 3.81. The molecule has 0 aliphatic carbocycles. The molecular formula is C24H27N5O. The van der Waals surface area contributed by atoms with Crippen molar-refractivity contribution in [1.82, 2.24) is 24.8 Å². The van der Waals surface area contributed by atoms with Crippen molar-refractivity contribution in [3.05, 3.63) is 77.9 Å². The van der Waals surface area contributed by atoms with Crippen LogP contribution in [0.25, 0.3) is 11.4 Å². The molecule has 2 aromatic heterocycles. The number of benzene rings is 1. The van der Waals surface area contributed by atoms with E-state index in [2.05, 4.69) is 38.9 Å². The molecular weight excluding hydrogens is 374 g/mol. The molecule has 1 atom stereocenters. The zero-order chi connectivity index (χ0) is 20.9. The molecule has 1 fully saturated rings. The van der Waals surface area contributed by atoms with Gasteiger partial charge in [-0.05, 0) is 19.1 Å². The third-order valence-corrected chi connectivity index (χ3v) is 5.56. The zero-order valence-electron chi connectivity index (χ0n) is 17.5. The van der Waals surface area contributed by atoms with Crippen molar-refractivity contribution in [3.63, 3.8) is 0 Å². The quantitative estimate of drug-likeness (QED) is 0.658. The Bertz CT molecular complexity index is 973. The van der Waals surface area contributed by atoms with Crippen LogP contribution in [0.15, 0.2) is 61.1 Å². The second-order valence-corrected chi connectivity index (χ2v) is 8.00. The third-order valence-electron chi connectivity index (χ3n) is 5.56. The van der Waals surface area contributed by atoms with Gasteiger partial charge in [0.1, 0.15) is 0 Å². The number of aryl methyl sites for hydroxylation is 1. The lowest BCUT2D eigenvalue weighted by molar-refractivity contribution is -0.133. The molecule has 0 radical (unpaired) electrons. The van der Waals surface area contributed by atoms with E-state index in [4.69, 9.17) is 0 Å². The van der Waals surface area contributed by atoms with Crippen LogP contribution in [0, 0.1) is 12.8 Å². The number of carbonyl (C=O) groups is 1. The van der Waals surface area contributed by atoms with Crippen LogP contribution < -0.4 is 0 Å². The second kappa shape index (κ2) is 9.13. The van der Waals surface area contributed by atoms with Crippen molar-refractivity contribution in [2.75, 3.05) is 26.7 Å². The fraction of sp³-hybridized carbons (Fsp3) is 0.333. The van der Waals surface area contributed by atoms with E-state index in [1.807, 2.05) is 54.7 Å². The van der Waals surface area contributed by atoms with Gasteiger partial charge >= 0.3 is 0 Å². The highest BCUT2D eigenvalue weighted by atomic mass is 16.2. The Balaban J connectivity index is 1.45. The first-order valence-electron chi connectivity index (χ1n) is 10.3. The van der Waals surface area contributed by atoms with E-state index in [0.717, 1.165) is 42.3 Å². The van der Waals surface area contributed by atoms with Gasteiger partial charge in [-0.25, -0.2) is 9.97 Å². The number of pyridine rings is 1. The van der Waals surface area contributed by atoms with Gasteiger partial charge in [-0.1, -0.05) is 35.9 Å². The van der Waals surface area contributed by atoms with E-state index < -0.39 is 0 Å². The zero-order valence-corrected chi connectivity index (χ0v) is 17.5. The Morgan fingerprint density at radius 1 is 1.00 bits per heavy atom. The number of nitrogens with zero attached hydrogens (tertiary/aromatic N) is 5. The number of aromatic nitrogens is 3. The van der Waals surface area contributed by atoms with Gasteiger partial charge in [0.2, 0.25) is 5.91 Å². The summed E-state index contributed by atoms with van der Waals surface area (Å²) in [5, 5.41) is 0. The molecule has 1 saturated heterocycles. The maximum absolute atomic E-state index is 12.8. The van der Waals surface area contributed by atoms with Crippen LogP contribution in [0.3, 0.4) is 0 Å². The van der Waals surface area contributed by atoms with Gasteiger partial charge < -0.3 is 4.90 Å². The Kier molecular flexibility index (Phi) is 6.14. The molecule has 1 aliphatic heterocycles. The maximum atomic E-state index is 12.8. The minimum Gasteiger partial charge on any atom is -0.344 e. The van der Waals surface area contributed by atoms with Gasteiger partial charge in [-0.15, -0.1) is 0 Å². The SMILES string of the molecule is Cc1ccc(-c2ncc(CN3CCN(C)C(=O)C(Cc4ccccn4)C3)cn2)cc1. The summed E-state index contributed by atoms with van der Waals surface area (Å²) in [6.07, 6.45) is 6.23. The Morgan fingerprint density at radius 2 is 1.77 bits per heavy atom. The predicted octanol–water partition coefficient (Wildman–Crippen LogP) is 2.98. The molecule has 0 N–H and O–H groups in total. The summed E-state index contributed by atoms with van der Waals surface area (Å²) in [6, 6.07) is 14.1. The molecule has 1 unspecified atom stereocenters. The Morgan fingerprint density at radius 3 is 2.47 bits per heavy atom. The molecule has 154 valence electrons. The molecule has 6 nitrogen and oxygen atoms in total. The molecule has 1 aliphatic rings. The van der Waals surface area contributed by atoms with Gasteiger partial charge in [-0.3, -0.25) is 14.7 Å². The summed E-state index contributed by atoms with van der Waals surface area (Å²) in [7, 11) is 1.89. The summed E-state index contributed by atoms with van der Waals surface area (Å²) in [5.74, 6) is 0.826. The molecule has 3 heterocycles. The van der Waals surface area contributed by atoms with Crippen LogP contribution in [-0.2, 0) is 17.8 Å². The van der Waals surface area contributed by atoms with Gasteiger partial charge in [0.15, 0.2) is 5.82 Å². The van der Waals surface area contributed by atoms with Crippen molar-refractivity contribution in [3.8, 4) is 11.4 Å². The van der Waals surface area contributed by atoms with Crippen molar-refractivity contribution in [2.24, 2.45) is 5.92 Å². The normalized spacial score (nSPS) is 17.7. The van der Waals surface area contributed by atoms with Gasteiger partial charge in [-0.2, -0.15) is 0 Å². The van der Waals surface area contributed by atoms with Crippen LogP contribution in [0.2, 0.25) is 0 Å². The average molecular weight is 402 g/mol. The molecule has 1 amide bonds. The van der Waals surface area contributed by atoms with E-state index >= 15 is 0 Å². The average Bonchev–Trinajstić information content (AvgIpc) is 2.90. The first-order valence-corrected chi connectivity index (χ1v) is 10.3. The topological polar surface area (TPSA) is 62.2 Å². The van der Waals surface area contributed by atoms with Crippen molar-refractivity contribution < 1.29 is 4.79 Å². The molecule has 1 aromatic carbocycles. The molecule has 30 heavy (non-hydrogen) atoms. The number of likely N-dealkylation sites (N-methyl/N-ethyl adjacent to an activating group) is 1. The Labute approximate surface area is 177 Å². The largest absolute Gasteiger partial charge is 0.344 e. The molecule has 0 spiro atoms. The van der Waals surface area contributed by atoms with Crippen molar-refractivity contribution >= 4 is 5.91 Å². The van der Waals surface area contributed by atoms with E-state index in [1.54, 1.807) is 6.20 Å². The highest BCUT2D eigenvalue weighted by Crippen LogP contribution is 2.18. The highest BCUT2D eigenvalue weighted by Gasteiger charge is 2.29. The summed E-state index contributed by atoms with van der Waals surface area (Å²) in [6.45, 7) is 5.06. The lowest BCUT2D eigenvalue weighted by atomic mass is 10.0. The highest BCUT2D eigenvalue weighted by molar-refractivity contribution is 5.79. The third kappa shape index (κ3) is 4.89. The van der Waals surface area contributed by atoms with Crippen molar-refractivity contribution in [2.45, 2.75) is 19.9 Å². The second-order valence-electron chi connectivity index (χ2n) is 8.00. The van der Waals surface area contributed by atoms with Gasteiger partial charge in [0, 0.05) is 75.1 Å². The van der Waals surface area contributed by atoms with Crippen molar-refractivity contribution in [1.29, 1.82) is 0 Å². The predicted molar refractivity (Wildman–Crippen MR) is 117 cm³/mol. The standard InChI is InChI=1S/C24H27N5O/c1-18-6-8-20(9-7-18)23-26-14-19(15-27-23)16-29-12-11-28(2)24(30)21(17-29)13-22-5-3-4-10-25-22/h3-10,14-15,21H,11-13,16-17H2,1-2H3.